The average Bonchev–Trinajstić information content (AvgIpc) is 2.66. The van der Waals surface area contributed by atoms with Crippen molar-refractivity contribution in [2.75, 3.05) is 20.8 Å². The van der Waals surface area contributed by atoms with Gasteiger partial charge in [-0.2, -0.15) is 5.10 Å². The summed E-state index contributed by atoms with van der Waals surface area (Å²) in [6.45, 7) is 8.21. The monoisotopic (exact) mass is 384 g/mol. The minimum Gasteiger partial charge on any atom is -0.496 e. The van der Waals surface area contributed by atoms with E-state index in [1.54, 1.807) is 14.2 Å². The van der Waals surface area contributed by atoms with Crippen LogP contribution in [0.15, 0.2) is 41.5 Å². The van der Waals surface area contributed by atoms with Crippen LogP contribution in [-0.4, -0.2) is 32.9 Å². The number of benzene rings is 2. The van der Waals surface area contributed by atoms with Gasteiger partial charge < -0.3 is 14.2 Å². The van der Waals surface area contributed by atoms with Crippen molar-refractivity contribution in [3.8, 4) is 17.2 Å². The van der Waals surface area contributed by atoms with Crippen LogP contribution in [0.1, 0.15) is 37.5 Å². The van der Waals surface area contributed by atoms with Gasteiger partial charge in [0.05, 0.1) is 20.4 Å². The summed E-state index contributed by atoms with van der Waals surface area (Å²) in [6, 6.07) is 11.4. The van der Waals surface area contributed by atoms with Crippen LogP contribution in [0.5, 0.6) is 17.2 Å². The zero-order chi connectivity index (χ0) is 20.7. The Kier molecular flexibility index (Phi) is 7.04. The minimum absolute atomic E-state index is 0.0749. The lowest BCUT2D eigenvalue weighted by Crippen LogP contribution is -2.24. The predicted molar refractivity (Wildman–Crippen MR) is 111 cm³/mol. The van der Waals surface area contributed by atoms with Crippen molar-refractivity contribution in [1.29, 1.82) is 0 Å². The summed E-state index contributed by atoms with van der Waals surface area (Å²) in [7, 11) is 3.18. The zero-order valence-electron chi connectivity index (χ0n) is 17.3. The van der Waals surface area contributed by atoms with Crippen LogP contribution >= 0.6 is 0 Å². The Bertz CT molecular complexity index is 837. The van der Waals surface area contributed by atoms with Crippen molar-refractivity contribution in [3.63, 3.8) is 0 Å². The first-order valence-electron chi connectivity index (χ1n) is 9.03. The van der Waals surface area contributed by atoms with E-state index in [0.29, 0.717) is 11.5 Å². The van der Waals surface area contributed by atoms with E-state index in [-0.39, 0.29) is 17.9 Å². The molecule has 6 nitrogen and oxygen atoms in total. The molecular formula is C22H28N2O4. The molecule has 0 saturated carbocycles. The maximum atomic E-state index is 12.0. The van der Waals surface area contributed by atoms with E-state index in [2.05, 4.69) is 31.3 Å². The molecule has 0 fully saturated rings. The van der Waals surface area contributed by atoms with E-state index in [1.807, 2.05) is 43.3 Å². The number of hydrogen-bond acceptors (Lipinski definition) is 5. The van der Waals surface area contributed by atoms with Gasteiger partial charge in [0.2, 0.25) is 0 Å². The molecular weight excluding hydrogens is 356 g/mol. The molecule has 0 aromatic heterocycles. The van der Waals surface area contributed by atoms with Gasteiger partial charge in [0.25, 0.3) is 5.91 Å². The lowest BCUT2D eigenvalue weighted by molar-refractivity contribution is -0.123. The van der Waals surface area contributed by atoms with Crippen LogP contribution < -0.4 is 19.6 Å². The molecule has 0 atom stereocenters. The number of nitrogens with one attached hydrogen (secondary N) is 1. The maximum absolute atomic E-state index is 12.0. The quantitative estimate of drug-likeness (QED) is 0.582. The predicted octanol–water partition coefficient (Wildman–Crippen LogP) is 3.84. The SMILES string of the molecule is COc1ccc(C=NNC(=O)COc2ccc(C(C)(C)C)cc2)c(OC)c1C. The van der Waals surface area contributed by atoms with Gasteiger partial charge in [-0.1, -0.05) is 32.9 Å². The summed E-state index contributed by atoms with van der Waals surface area (Å²) in [6.07, 6.45) is 1.53. The summed E-state index contributed by atoms with van der Waals surface area (Å²) >= 11 is 0. The molecule has 0 bridgehead atoms. The van der Waals surface area contributed by atoms with Crippen molar-refractivity contribution in [2.45, 2.75) is 33.1 Å². The molecule has 2 aromatic carbocycles. The van der Waals surface area contributed by atoms with Gasteiger partial charge in [0.1, 0.15) is 17.2 Å². The number of amides is 1. The largest absolute Gasteiger partial charge is 0.496 e. The molecule has 0 saturated heterocycles. The number of carbonyl (C=O) groups is 1. The fourth-order valence-electron chi connectivity index (χ4n) is 2.69. The molecule has 0 radical (unpaired) electrons. The van der Waals surface area contributed by atoms with E-state index in [0.717, 1.165) is 16.9 Å². The topological polar surface area (TPSA) is 69.2 Å². The molecule has 0 aliphatic rings. The Morgan fingerprint density at radius 2 is 1.75 bits per heavy atom. The molecule has 0 spiro atoms. The Labute approximate surface area is 166 Å². The lowest BCUT2D eigenvalue weighted by atomic mass is 9.87. The normalized spacial score (nSPS) is 11.4. The fraction of sp³-hybridized carbons (Fsp3) is 0.364. The Morgan fingerprint density at radius 1 is 1.07 bits per heavy atom. The van der Waals surface area contributed by atoms with Crippen LogP contribution in [0, 0.1) is 6.92 Å². The highest BCUT2D eigenvalue weighted by Gasteiger charge is 2.13. The van der Waals surface area contributed by atoms with E-state index in [9.17, 15) is 4.79 Å². The van der Waals surface area contributed by atoms with Crippen LogP contribution in [-0.2, 0) is 10.2 Å². The standard InChI is InChI=1S/C22H28N2O4/c1-15-19(26-5)12-7-16(21(15)27-6)13-23-24-20(25)14-28-18-10-8-17(9-11-18)22(2,3)4/h7-13H,14H2,1-6H3,(H,24,25). The Morgan fingerprint density at radius 3 is 2.32 bits per heavy atom. The Balaban J connectivity index is 1.91. The molecule has 0 heterocycles. The van der Waals surface area contributed by atoms with E-state index < -0.39 is 0 Å². The van der Waals surface area contributed by atoms with Crippen molar-refractivity contribution in [2.24, 2.45) is 5.10 Å². The molecule has 28 heavy (non-hydrogen) atoms. The molecule has 0 unspecified atom stereocenters. The number of carbonyl (C=O) groups excluding carboxylic acids is 1. The van der Waals surface area contributed by atoms with Crippen molar-refractivity contribution >= 4 is 12.1 Å². The smallest absolute Gasteiger partial charge is 0.277 e. The highest BCUT2D eigenvalue weighted by Crippen LogP contribution is 2.30. The summed E-state index contributed by atoms with van der Waals surface area (Å²) < 4.78 is 16.2. The van der Waals surface area contributed by atoms with Gasteiger partial charge in [-0.25, -0.2) is 5.43 Å². The second kappa shape index (κ2) is 9.26. The Hall–Kier alpha value is -3.02. The molecule has 6 heteroatoms. The zero-order valence-corrected chi connectivity index (χ0v) is 17.3. The van der Waals surface area contributed by atoms with E-state index >= 15 is 0 Å². The van der Waals surface area contributed by atoms with Gasteiger partial charge in [-0.05, 0) is 42.2 Å². The lowest BCUT2D eigenvalue weighted by Gasteiger charge is -2.19. The molecule has 0 aliphatic carbocycles. The third-order valence-corrected chi connectivity index (χ3v) is 4.29. The number of hydrazone groups is 1. The first-order chi connectivity index (χ1) is 13.3. The number of rotatable bonds is 7. The fourth-order valence-corrected chi connectivity index (χ4v) is 2.69. The minimum atomic E-state index is -0.347. The maximum Gasteiger partial charge on any atom is 0.277 e. The van der Waals surface area contributed by atoms with E-state index in [4.69, 9.17) is 14.2 Å². The third kappa shape index (κ3) is 5.49. The van der Waals surface area contributed by atoms with Crippen molar-refractivity contribution < 1.29 is 19.0 Å². The van der Waals surface area contributed by atoms with Gasteiger partial charge in [-0.3, -0.25) is 4.79 Å². The third-order valence-electron chi connectivity index (χ3n) is 4.29. The number of ether oxygens (including phenoxy) is 3. The molecule has 0 aliphatic heterocycles. The summed E-state index contributed by atoms with van der Waals surface area (Å²) in [4.78, 5) is 12.0. The number of hydrogen-bond donors (Lipinski definition) is 1. The number of methoxy groups -OCH3 is 2. The van der Waals surface area contributed by atoms with Gasteiger partial charge in [-0.15, -0.1) is 0 Å². The molecule has 2 aromatic rings. The summed E-state index contributed by atoms with van der Waals surface area (Å²) in [5, 5.41) is 3.98. The molecule has 2 rings (SSSR count). The van der Waals surface area contributed by atoms with Crippen molar-refractivity contribution in [1.82, 2.24) is 5.43 Å². The second-order valence-corrected chi connectivity index (χ2v) is 7.37. The van der Waals surface area contributed by atoms with Gasteiger partial charge >= 0.3 is 0 Å². The van der Waals surface area contributed by atoms with Crippen LogP contribution in [0.2, 0.25) is 0 Å². The average molecular weight is 384 g/mol. The molecule has 1 amide bonds. The van der Waals surface area contributed by atoms with Gasteiger partial charge in [0.15, 0.2) is 6.61 Å². The molecule has 150 valence electrons. The number of nitrogens with zero attached hydrogens (tertiary/aromatic N) is 1. The highest BCUT2D eigenvalue weighted by atomic mass is 16.5. The summed E-state index contributed by atoms with van der Waals surface area (Å²) in [5.41, 5.74) is 5.34. The summed E-state index contributed by atoms with van der Waals surface area (Å²) in [5.74, 6) is 1.66. The van der Waals surface area contributed by atoms with Crippen LogP contribution in [0.4, 0.5) is 0 Å². The highest BCUT2D eigenvalue weighted by molar-refractivity contribution is 5.86. The second-order valence-electron chi connectivity index (χ2n) is 7.37. The van der Waals surface area contributed by atoms with E-state index in [1.165, 1.54) is 11.8 Å². The molecule has 1 N–H and O–H groups in total. The first-order valence-corrected chi connectivity index (χ1v) is 9.03. The van der Waals surface area contributed by atoms with Crippen LogP contribution in [0.3, 0.4) is 0 Å². The van der Waals surface area contributed by atoms with Crippen molar-refractivity contribution in [3.05, 3.63) is 53.1 Å². The first kappa shape index (κ1) is 21.3. The van der Waals surface area contributed by atoms with Crippen LogP contribution in [0.25, 0.3) is 0 Å². The van der Waals surface area contributed by atoms with Gasteiger partial charge in [0, 0.05) is 11.1 Å².